The number of ether oxygens (including phenoxy) is 1. The minimum Gasteiger partial charge on any atom is -0.459 e. The number of hydrogen-bond donors (Lipinski definition) is 0. The van der Waals surface area contributed by atoms with Crippen LogP contribution in [-0.2, 0) is 20.7 Å². The molecule has 4 atom stereocenters. The maximum Gasteiger partial charge on any atom is 0.324 e. The number of rotatable bonds is 6. The van der Waals surface area contributed by atoms with Crippen LogP contribution < -0.4 is 0 Å². The summed E-state index contributed by atoms with van der Waals surface area (Å²) >= 11 is 6.05. The Kier molecular flexibility index (Phi) is 9.94. The normalized spacial score (nSPS) is 23.0. The molecule has 0 aromatic heterocycles. The quantitative estimate of drug-likeness (QED) is 0.360. The number of benzene rings is 2. The summed E-state index contributed by atoms with van der Waals surface area (Å²) in [5.41, 5.74) is 1.05. The van der Waals surface area contributed by atoms with Gasteiger partial charge in [-0.1, -0.05) is 29.8 Å². The van der Waals surface area contributed by atoms with Crippen molar-refractivity contribution in [2.45, 2.75) is 91.0 Å². The van der Waals surface area contributed by atoms with E-state index in [1.807, 2.05) is 32.6 Å². The summed E-state index contributed by atoms with van der Waals surface area (Å²) in [4.78, 5) is 33.9. The van der Waals surface area contributed by atoms with Crippen LogP contribution in [0.2, 0.25) is 5.02 Å². The van der Waals surface area contributed by atoms with Crippen molar-refractivity contribution in [1.29, 1.82) is 0 Å². The lowest BCUT2D eigenvalue weighted by Crippen LogP contribution is -2.60. The van der Waals surface area contributed by atoms with Gasteiger partial charge in [0.05, 0.1) is 5.92 Å². The van der Waals surface area contributed by atoms with Crippen LogP contribution in [0, 0.1) is 24.5 Å². The van der Waals surface area contributed by atoms with Crippen LogP contribution in [0.25, 0.3) is 0 Å². The van der Waals surface area contributed by atoms with E-state index in [4.69, 9.17) is 16.3 Å². The number of hydrogen-bond acceptors (Lipinski definition) is 5. The Morgan fingerprint density at radius 2 is 1.67 bits per heavy atom. The molecule has 6 nitrogen and oxygen atoms in total. The van der Waals surface area contributed by atoms with Crippen LogP contribution in [0.4, 0.5) is 8.78 Å². The van der Waals surface area contributed by atoms with Crippen LogP contribution in [0.3, 0.4) is 0 Å². The SMILES string of the molecule is Cc1cc(C[C@@H](C(=O)OC(C)(C)C)N2CCN(C(=O)[C@@H]3CN(C(C)(C)C)C[C@H]3c3ccc(Cl)cc3F)[C@@H](C)C2)ccc1F. The smallest absolute Gasteiger partial charge is 0.324 e. The Morgan fingerprint density at radius 3 is 2.26 bits per heavy atom. The van der Waals surface area contributed by atoms with Gasteiger partial charge in [0.15, 0.2) is 0 Å². The summed E-state index contributed by atoms with van der Waals surface area (Å²) < 4.78 is 34.9. The third kappa shape index (κ3) is 7.95. The number of carbonyl (C=O) groups excluding carboxylic acids is 2. The van der Waals surface area contributed by atoms with E-state index in [0.717, 1.165) is 5.56 Å². The highest BCUT2D eigenvalue weighted by Gasteiger charge is 2.46. The molecule has 0 bridgehead atoms. The molecule has 2 heterocycles. The number of aryl methyl sites for hydroxylation is 1. The lowest BCUT2D eigenvalue weighted by Gasteiger charge is -2.44. The molecular weight excluding hydrogens is 572 g/mol. The molecule has 9 heteroatoms. The lowest BCUT2D eigenvalue weighted by atomic mass is 9.87. The molecule has 236 valence electrons. The van der Waals surface area contributed by atoms with Crippen molar-refractivity contribution < 1.29 is 23.1 Å². The van der Waals surface area contributed by atoms with E-state index in [1.54, 1.807) is 31.2 Å². The van der Waals surface area contributed by atoms with Gasteiger partial charge in [-0.25, -0.2) is 8.78 Å². The highest BCUT2D eigenvalue weighted by atomic mass is 35.5. The van der Waals surface area contributed by atoms with Gasteiger partial charge in [0, 0.05) is 55.2 Å². The zero-order valence-corrected chi connectivity index (χ0v) is 27.5. The fourth-order valence-electron chi connectivity index (χ4n) is 6.32. The van der Waals surface area contributed by atoms with E-state index in [0.29, 0.717) is 55.3 Å². The van der Waals surface area contributed by atoms with E-state index in [2.05, 4.69) is 30.6 Å². The minimum absolute atomic E-state index is 0.00114. The van der Waals surface area contributed by atoms with Crippen molar-refractivity contribution >= 4 is 23.5 Å². The van der Waals surface area contributed by atoms with Gasteiger partial charge in [-0.3, -0.25) is 19.4 Å². The van der Waals surface area contributed by atoms with E-state index in [-0.39, 0.29) is 41.0 Å². The maximum absolute atomic E-state index is 15.1. The first-order valence-corrected chi connectivity index (χ1v) is 15.5. The number of piperazine rings is 1. The second-order valence-electron chi connectivity index (χ2n) is 14.2. The van der Waals surface area contributed by atoms with Gasteiger partial charge in [0.2, 0.25) is 5.91 Å². The fourth-order valence-corrected chi connectivity index (χ4v) is 6.48. The van der Waals surface area contributed by atoms with Crippen molar-refractivity contribution in [1.82, 2.24) is 14.7 Å². The molecule has 0 saturated carbocycles. The van der Waals surface area contributed by atoms with Crippen LogP contribution in [0.1, 0.15) is 71.1 Å². The van der Waals surface area contributed by atoms with Crippen molar-refractivity contribution in [3.05, 3.63) is 69.7 Å². The molecule has 2 aromatic rings. The molecule has 0 aliphatic carbocycles. The van der Waals surface area contributed by atoms with Crippen LogP contribution in [0.5, 0.6) is 0 Å². The number of esters is 1. The molecule has 43 heavy (non-hydrogen) atoms. The molecule has 2 fully saturated rings. The Hall–Kier alpha value is -2.55. The lowest BCUT2D eigenvalue weighted by molar-refractivity contribution is -0.163. The third-order valence-corrected chi connectivity index (χ3v) is 8.90. The molecule has 2 aliphatic heterocycles. The second-order valence-corrected chi connectivity index (χ2v) is 14.6. The van der Waals surface area contributed by atoms with Gasteiger partial charge in [0.1, 0.15) is 23.3 Å². The zero-order valence-electron chi connectivity index (χ0n) is 26.7. The highest BCUT2D eigenvalue weighted by Crippen LogP contribution is 2.39. The van der Waals surface area contributed by atoms with Gasteiger partial charge in [-0.15, -0.1) is 0 Å². The number of halogens is 3. The molecule has 0 spiro atoms. The fraction of sp³-hybridized carbons (Fsp3) is 0.588. The summed E-state index contributed by atoms with van der Waals surface area (Å²) in [6.45, 7) is 18.0. The Morgan fingerprint density at radius 1 is 0.977 bits per heavy atom. The first kappa shape index (κ1) is 33.3. The van der Waals surface area contributed by atoms with Crippen LogP contribution >= 0.6 is 11.6 Å². The van der Waals surface area contributed by atoms with Gasteiger partial charge in [-0.05, 0) is 96.7 Å². The van der Waals surface area contributed by atoms with E-state index in [1.165, 1.54) is 12.1 Å². The zero-order chi connectivity index (χ0) is 31.9. The van der Waals surface area contributed by atoms with Crippen molar-refractivity contribution in [3.8, 4) is 0 Å². The minimum atomic E-state index is -0.662. The molecule has 2 aliphatic rings. The predicted molar refractivity (Wildman–Crippen MR) is 166 cm³/mol. The summed E-state index contributed by atoms with van der Waals surface area (Å²) in [7, 11) is 0. The van der Waals surface area contributed by atoms with E-state index < -0.39 is 17.6 Å². The highest BCUT2D eigenvalue weighted by molar-refractivity contribution is 6.30. The topological polar surface area (TPSA) is 53.1 Å². The number of likely N-dealkylation sites (tertiary alicyclic amines) is 1. The third-order valence-electron chi connectivity index (χ3n) is 8.66. The van der Waals surface area contributed by atoms with Crippen molar-refractivity contribution in [2.24, 2.45) is 5.92 Å². The van der Waals surface area contributed by atoms with Gasteiger partial charge in [-0.2, -0.15) is 0 Å². The maximum atomic E-state index is 15.1. The number of nitrogens with zero attached hydrogens (tertiary/aromatic N) is 3. The average Bonchev–Trinajstić information content (AvgIpc) is 3.34. The number of amides is 1. The Labute approximate surface area is 260 Å². The molecule has 0 N–H and O–H groups in total. The largest absolute Gasteiger partial charge is 0.459 e. The van der Waals surface area contributed by atoms with Gasteiger partial charge < -0.3 is 9.64 Å². The van der Waals surface area contributed by atoms with E-state index in [9.17, 15) is 14.0 Å². The summed E-state index contributed by atoms with van der Waals surface area (Å²) in [5.74, 6) is -1.72. The molecule has 4 rings (SSSR count). The summed E-state index contributed by atoms with van der Waals surface area (Å²) in [6.07, 6.45) is 0.373. The average molecular weight is 618 g/mol. The summed E-state index contributed by atoms with van der Waals surface area (Å²) in [5, 5.41) is 0.329. The first-order chi connectivity index (χ1) is 19.9. The molecule has 0 unspecified atom stereocenters. The molecular formula is C34H46ClF2N3O3. The molecule has 0 radical (unpaired) electrons. The first-order valence-electron chi connectivity index (χ1n) is 15.2. The van der Waals surface area contributed by atoms with Gasteiger partial charge >= 0.3 is 5.97 Å². The molecule has 2 aromatic carbocycles. The molecule has 1 amide bonds. The standard InChI is InChI=1S/C34H46ClF2N3O3/c1-21-15-23(9-12-28(21)36)16-30(32(42)43-34(6,7)8)38-13-14-40(22(2)18-38)31(41)27-20-39(33(3,4)5)19-26(27)25-11-10-24(35)17-29(25)37/h9-12,15,17,22,26-27,30H,13-14,16,18-20H2,1-8H3/t22-,26-,27+,30-/m0/s1. The Bertz CT molecular complexity index is 1340. The number of carbonyl (C=O) groups is 2. The summed E-state index contributed by atoms with van der Waals surface area (Å²) in [6, 6.07) is 8.86. The monoisotopic (exact) mass is 617 g/mol. The predicted octanol–water partition coefficient (Wildman–Crippen LogP) is 6.23. The Balaban J connectivity index is 1.55. The van der Waals surface area contributed by atoms with E-state index >= 15 is 4.39 Å². The molecule has 2 saturated heterocycles. The van der Waals surface area contributed by atoms with Crippen molar-refractivity contribution in [3.63, 3.8) is 0 Å². The second kappa shape index (κ2) is 12.8. The van der Waals surface area contributed by atoms with Crippen molar-refractivity contribution in [2.75, 3.05) is 32.7 Å². The van der Waals surface area contributed by atoms with Gasteiger partial charge in [0.25, 0.3) is 0 Å². The van der Waals surface area contributed by atoms with Crippen LogP contribution in [-0.4, -0.2) is 82.5 Å². The van der Waals surface area contributed by atoms with Crippen LogP contribution in [0.15, 0.2) is 36.4 Å².